The average molecular weight is 453 g/mol. The van der Waals surface area contributed by atoms with Gasteiger partial charge in [-0.05, 0) is 48.2 Å². The van der Waals surface area contributed by atoms with Gasteiger partial charge in [-0.1, -0.05) is 61.7 Å². The Balaban J connectivity index is 2.29. The molecule has 1 atom stereocenters. The van der Waals surface area contributed by atoms with Crippen LogP contribution in [0.4, 0.5) is 4.39 Å². The molecule has 0 fully saturated rings. The zero-order chi connectivity index (χ0) is 22.1. The summed E-state index contributed by atoms with van der Waals surface area (Å²) >= 11 is 12.5. The lowest BCUT2D eigenvalue weighted by Gasteiger charge is -2.31. The lowest BCUT2D eigenvalue weighted by atomic mass is 10.1. The predicted molar refractivity (Wildman–Crippen MR) is 119 cm³/mol. The standard InChI is InChI=1S/C23H27Cl2FN2O2/c1-3-5-13-27-23(30)21(4-2)28(15-16-9-11-17(26)12-10-16)22(29)14-18-19(24)7-6-8-20(18)25/h6-12,21H,3-5,13-15H2,1-2H3,(H,27,30)/t21-/m1/s1. The largest absolute Gasteiger partial charge is 0.354 e. The first kappa shape index (κ1) is 24.2. The van der Waals surface area contributed by atoms with Crippen molar-refractivity contribution in [2.75, 3.05) is 6.54 Å². The molecule has 2 rings (SSSR count). The van der Waals surface area contributed by atoms with Crippen LogP contribution in [0.2, 0.25) is 10.0 Å². The summed E-state index contributed by atoms with van der Waals surface area (Å²) in [7, 11) is 0. The van der Waals surface area contributed by atoms with E-state index in [1.807, 2.05) is 13.8 Å². The van der Waals surface area contributed by atoms with Crippen LogP contribution >= 0.6 is 23.2 Å². The van der Waals surface area contributed by atoms with Crippen LogP contribution in [0.15, 0.2) is 42.5 Å². The maximum atomic E-state index is 13.3. The van der Waals surface area contributed by atoms with Gasteiger partial charge < -0.3 is 10.2 Å². The summed E-state index contributed by atoms with van der Waals surface area (Å²) in [6.07, 6.45) is 2.24. The minimum Gasteiger partial charge on any atom is -0.354 e. The molecule has 0 radical (unpaired) electrons. The van der Waals surface area contributed by atoms with Gasteiger partial charge in [0.15, 0.2) is 0 Å². The van der Waals surface area contributed by atoms with Gasteiger partial charge in [0, 0.05) is 23.1 Å². The Labute approximate surface area is 187 Å². The van der Waals surface area contributed by atoms with Gasteiger partial charge in [0.2, 0.25) is 11.8 Å². The van der Waals surface area contributed by atoms with Gasteiger partial charge >= 0.3 is 0 Å². The Bertz CT molecular complexity index is 839. The fourth-order valence-electron chi connectivity index (χ4n) is 3.17. The minimum absolute atomic E-state index is 0.0293. The lowest BCUT2D eigenvalue weighted by molar-refractivity contribution is -0.140. The molecular formula is C23H27Cl2FN2O2. The normalized spacial score (nSPS) is 11.8. The van der Waals surface area contributed by atoms with Crippen LogP contribution in [0.25, 0.3) is 0 Å². The zero-order valence-corrected chi connectivity index (χ0v) is 18.8. The number of halogens is 3. The van der Waals surface area contributed by atoms with E-state index in [0.29, 0.717) is 28.6 Å². The fraction of sp³-hybridized carbons (Fsp3) is 0.391. The Morgan fingerprint density at radius 2 is 1.70 bits per heavy atom. The van der Waals surface area contributed by atoms with Crippen molar-refractivity contribution in [3.8, 4) is 0 Å². The van der Waals surface area contributed by atoms with Crippen LogP contribution in [0.3, 0.4) is 0 Å². The third-order valence-corrected chi connectivity index (χ3v) is 5.58. The molecule has 0 aliphatic rings. The van der Waals surface area contributed by atoms with Gasteiger partial charge in [0.1, 0.15) is 11.9 Å². The number of nitrogens with zero attached hydrogens (tertiary/aromatic N) is 1. The molecule has 0 unspecified atom stereocenters. The Hall–Kier alpha value is -2.11. The van der Waals surface area contributed by atoms with Gasteiger partial charge in [-0.2, -0.15) is 0 Å². The maximum Gasteiger partial charge on any atom is 0.242 e. The van der Waals surface area contributed by atoms with Crippen molar-refractivity contribution < 1.29 is 14.0 Å². The van der Waals surface area contributed by atoms with Crippen molar-refractivity contribution in [1.82, 2.24) is 10.2 Å². The van der Waals surface area contributed by atoms with E-state index in [1.54, 1.807) is 30.3 Å². The first-order valence-electron chi connectivity index (χ1n) is 10.1. The zero-order valence-electron chi connectivity index (χ0n) is 17.3. The van der Waals surface area contributed by atoms with Crippen LogP contribution in [-0.4, -0.2) is 29.3 Å². The average Bonchev–Trinajstić information content (AvgIpc) is 2.72. The number of hydrogen-bond acceptors (Lipinski definition) is 2. The van der Waals surface area contributed by atoms with Crippen molar-refractivity contribution in [2.45, 2.75) is 52.1 Å². The van der Waals surface area contributed by atoms with Crippen LogP contribution in [0.5, 0.6) is 0 Å². The number of carbonyl (C=O) groups excluding carboxylic acids is 2. The van der Waals surface area contributed by atoms with Gasteiger partial charge in [-0.3, -0.25) is 9.59 Å². The van der Waals surface area contributed by atoms with E-state index in [0.717, 1.165) is 18.4 Å². The maximum absolute atomic E-state index is 13.3. The smallest absolute Gasteiger partial charge is 0.242 e. The lowest BCUT2D eigenvalue weighted by Crippen LogP contribution is -2.49. The van der Waals surface area contributed by atoms with Crippen LogP contribution in [0.1, 0.15) is 44.2 Å². The molecule has 0 bridgehead atoms. The molecule has 7 heteroatoms. The molecule has 0 aliphatic carbocycles. The molecule has 0 aromatic heterocycles. The van der Waals surface area contributed by atoms with Crippen molar-refractivity contribution in [3.05, 3.63) is 69.5 Å². The first-order valence-corrected chi connectivity index (χ1v) is 10.9. The summed E-state index contributed by atoms with van der Waals surface area (Å²) in [6, 6.07) is 10.3. The summed E-state index contributed by atoms with van der Waals surface area (Å²) < 4.78 is 13.3. The van der Waals surface area contributed by atoms with Crippen LogP contribution < -0.4 is 5.32 Å². The molecule has 0 aliphatic heterocycles. The Morgan fingerprint density at radius 1 is 1.07 bits per heavy atom. The van der Waals surface area contributed by atoms with E-state index in [-0.39, 0.29) is 30.6 Å². The van der Waals surface area contributed by atoms with Crippen LogP contribution in [0, 0.1) is 5.82 Å². The topological polar surface area (TPSA) is 49.4 Å². The molecule has 4 nitrogen and oxygen atoms in total. The van der Waals surface area contributed by atoms with E-state index in [1.165, 1.54) is 17.0 Å². The highest BCUT2D eigenvalue weighted by atomic mass is 35.5. The van der Waals surface area contributed by atoms with Crippen LogP contribution in [-0.2, 0) is 22.6 Å². The Morgan fingerprint density at radius 3 is 2.27 bits per heavy atom. The van der Waals surface area contributed by atoms with E-state index >= 15 is 0 Å². The number of rotatable bonds is 10. The summed E-state index contributed by atoms with van der Waals surface area (Å²) in [5, 5.41) is 3.71. The molecule has 162 valence electrons. The summed E-state index contributed by atoms with van der Waals surface area (Å²) in [4.78, 5) is 27.6. The second-order valence-electron chi connectivity index (χ2n) is 7.09. The quantitative estimate of drug-likeness (QED) is 0.490. The summed E-state index contributed by atoms with van der Waals surface area (Å²) in [5.74, 6) is -0.831. The fourth-order valence-corrected chi connectivity index (χ4v) is 3.70. The molecule has 2 aromatic carbocycles. The number of unbranched alkanes of at least 4 members (excludes halogenated alkanes) is 1. The predicted octanol–water partition coefficient (Wildman–Crippen LogP) is 5.40. The Kier molecular flexibility index (Phi) is 9.60. The number of benzene rings is 2. The second-order valence-corrected chi connectivity index (χ2v) is 7.91. The van der Waals surface area contributed by atoms with Gasteiger partial charge in [0.05, 0.1) is 6.42 Å². The van der Waals surface area contributed by atoms with Crippen molar-refractivity contribution in [2.24, 2.45) is 0 Å². The molecule has 30 heavy (non-hydrogen) atoms. The number of nitrogens with one attached hydrogen (secondary N) is 1. The molecule has 0 heterocycles. The highest BCUT2D eigenvalue weighted by Gasteiger charge is 2.29. The van der Waals surface area contributed by atoms with Crippen molar-refractivity contribution in [3.63, 3.8) is 0 Å². The third kappa shape index (κ3) is 6.71. The van der Waals surface area contributed by atoms with Crippen molar-refractivity contribution >= 4 is 35.0 Å². The third-order valence-electron chi connectivity index (χ3n) is 4.87. The van der Waals surface area contributed by atoms with Gasteiger partial charge in [-0.25, -0.2) is 4.39 Å². The summed E-state index contributed by atoms with van der Waals surface area (Å²) in [6.45, 7) is 4.64. The molecule has 1 N–H and O–H groups in total. The molecule has 2 aromatic rings. The molecule has 0 saturated heterocycles. The number of amides is 2. The van der Waals surface area contributed by atoms with E-state index in [9.17, 15) is 14.0 Å². The highest BCUT2D eigenvalue weighted by Crippen LogP contribution is 2.26. The van der Waals surface area contributed by atoms with E-state index in [2.05, 4.69) is 5.32 Å². The number of carbonyl (C=O) groups is 2. The molecule has 0 saturated carbocycles. The van der Waals surface area contributed by atoms with E-state index in [4.69, 9.17) is 23.2 Å². The summed E-state index contributed by atoms with van der Waals surface area (Å²) in [5.41, 5.74) is 1.26. The molecule has 2 amide bonds. The molecular weight excluding hydrogens is 426 g/mol. The first-order chi connectivity index (χ1) is 14.4. The van der Waals surface area contributed by atoms with E-state index < -0.39 is 6.04 Å². The van der Waals surface area contributed by atoms with Gasteiger partial charge in [-0.15, -0.1) is 0 Å². The second kappa shape index (κ2) is 11.9. The monoisotopic (exact) mass is 452 g/mol. The SMILES string of the molecule is CCCCNC(=O)[C@@H](CC)N(Cc1ccc(F)cc1)C(=O)Cc1c(Cl)cccc1Cl. The van der Waals surface area contributed by atoms with Crippen molar-refractivity contribution in [1.29, 1.82) is 0 Å². The number of hydrogen-bond donors (Lipinski definition) is 1. The highest BCUT2D eigenvalue weighted by molar-refractivity contribution is 6.36. The molecule has 0 spiro atoms. The van der Waals surface area contributed by atoms with Gasteiger partial charge in [0.25, 0.3) is 0 Å². The minimum atomic E-state index is -0.652.